The summed E-state index contributed by atoms with van der Waals surface area (Å²) >= 11 is 0. The van der Waals surface area contributed by atoms with Crippen LogP contribution in [0.3, 0.4) is 0 Å². The molecule has 0 aromatic carbocycles. The molecule has 0 radical (unpaired) electrons. The molecule has 0 N–H and O–H groups in total. The normalized spacial score (nSPS) is 25.1. The van der Waals surface area contributed by atoms with Crippen molar-refractivity contribution in [1.82, 2.24) is 9.88 Å². The summed E-state index contributed by atoms with van der Waals surface area (Å²) in [5, 5.41) is 0. The van der Waals surface area contributed by atoms with Crippen molar-refractivity contribution >= 4 is 5.91 Å². The number of carbonyl (C=O) groups excluding carboxylic acids is 1. The Morgan fingerprint density at radius 2 is 2.17 bits per heavy atom. The quantitative estimate of drug-likeness (QED) is 0.806. The third-order valence-corrected chi connectivity index (χ3v) is 5.70. The van der Waals surface area contributed by atoms with Crippen molar-refractivity contribution in [2.45, 2.75) is 45.2 Å². The lowest BCUT2D eigenvalue weighted by Gasteiger charge is -2.26. The first kappa shape index (κ1) is 15.4. The van der Waals surface area contributed by atoms with Crippen LogP contribution in [0.2, 0.25) is 0 Å². The van der Waals surface area contributed by atoms with E-state index >= 15 is 0 Å². The van der Waals surface area contributed by atoms with E-state index in [9.17, 15) is 4.79 Å². The second-order valence-corrected chi connectivity index (χ2v) is 7.33. The lowest BCUT2D eigenvalue weighted by Crippen LogP contribution is -2.32. The highest BCUT2D eigenvalue weighted by atomic mass is 16.3. The van der Waals surface area contributed by atoms with Gasteiger partial charge in [-0.3, -0.25) is 9.78 Å². The SMILES string of the molecule is O=C(C[C@H]1C[C@H]2CC[C@H]1C2)N(Cc1cccnc1)Cc1ccco1. The number of aromatic nitrogens is 1. The maximum absolute atomic E-state index is 13.0. The molecule has 2 heterocycles. The Morgan fingerprint density at radius 1 is 1.21 bits per heavy atom. The largest absolute Gasteiger partial charge is 0.467 e. The number of carbonyl (C=O) groups is 1. The van der Waals surface area contributed by atoms with Gasteiger partial charge in [0, 0.05) is 25.4 Å². The summed E-state index contributed by atoms with van der Waals surface area (Å²) in [6, 6.07) is 7.74. The lowest BCUT2D eigenvalue weighted by atomic mass is 9.86. The molecule has 4 nitrogen and oxygen atoms in total. The molecule has 4 rings (SSSR count). The van der Waals surface area contributed by atoms with Crippen LogP contribution in [-0.4, -0.2) is 15.8 Å². The van der Waals surface area contributed by atoms with Crippen LogP contribution < -0.4 is 0 Å². The minimum Gasteiger partial charge on any atom is -0.467 e. The summed E-state index contributed by atoms with van der Waals surface area (Å²) in [7, 11) is 0. The summed E-state index contributed by atoms with van der Waals surface area (Å²) in [6.45, 7) is 1.12. The Kier molecular flexibility index (Phi) is 4.37. The predicted octanol–water partition coefficient (Wildman–Crippen LogP) is 4.03. The highest BCUT2D eigenvalue weighted by Crippen LogP contribution is 2.49. The molecule has 2 aromatic heterocycles. The molecule has 2 saturated carbocycles. The summed E-state index contributed by atoms with van der Waals surface area (Å²) in [5.74, 6) is 3.32. The van der Waals surface area contributed by atoms with Gasteiger partial charge in [-0.1, -0.05) is 12.5 Å². The van der Waals surface area contributed by atoms with E-state index in [-0.39, 0.29) is 5.91 Å². The van der Waals surface area contributed by atoms with Gasteiger partial charge in [-0.05, 0) is 60.8 Å². The summed E-state index contributed by atoms with van der Waals surface area (Å²) in [6.07, 6.45) is 11.2. The fourth-order valence-corrected chi connectivity index (χ4v) is 4.51. The van der Waals surface area contributed by atoms with Gasteiger partial charge in [0.15, 0.2) is 0 Å². The molecular formula is C20H24N2O2. The van der Waals surface area contributed by atoms with E-state index in [0.717, 1.165) is 23.2 Å². The molecule has 2 aromatic rings. The zero-order valence-electron chi connectivity index (χ0n) is 13.9. The average molecular weight is 324 g/mol. The summed E-state index contributed by atoms with van der Waals surface area (Å²) < 4.78 is 5.46. The van der Waals surface area contributed by atoms with Crippen LogP contribution in [0.5, 0.6) is 0 Å². The van der Waals surface area contributed by atoms with Gasteiger partial charge < -0.3 is 9.32 Å². The minimum atomic E-state index is 0.243. The zero-order chi connectivity index (χ0) is 16.4. The number of fused-ring (bicyclic) bond motifs is 2. The van der Waals surface area contributed by atoms with Crippen LogP contribution in [0.1, 0.15) is 43.4 Å². The van der Waals surface area contributed by atoms with E-state index in [1.54, 1.807) is 12.5 Å². The van der Waals surface area contributed by atoms with E-state index in [4.69, 9.17) is 4.42 Å². The van der Waals surface area contributed by atoms with Gasteiger partial charge in [-0.2, -0.15) is 0 Å². The van der Waals surface area contributed by atoms with Crippen LogP contribution in [-0.2, 0) is 17.9 Å². The topological polar surface area (TPSA) is 46.3 Å². The number of amides is 1. The smallest absolute Gasteiger partial charge is 0.223 e. The third kappa shape index (κ3) is 3.37. The standard InChI is InChI=1S/C20H24N2O2/c23-20(11-18-10-15-5-6-17(18)9-15)22(14-19-4-2-8-24-19)13-16-3-1-7-21-12-16/h1-4,7-8,12,15,17-18H,5-6,9-11,13-14H2/t15-,17-,18+/m0/s1. The van der Waals surface area contributed by atoms with E-state index in [1.807, 2.05) is 35.4 Å². The molecule has 0 unspecified atom stereocenters. The van der Waals surface area contributed by atoms with Gasteiger partial charge in [-0.15, -0.1) is 0 Å². The Morgan fingerprint density at radius 3 is 2.83 bits per heavy atom. The average Bonchev–Trinajstić information content (AvgIpc) is 3.33. The fourth-order valence-electron chi connectivity index (χ4n) is 4.51. The summed E-state index contributed by atoms with van der Waals surface area (Å²) in [4.78, 5) is 19.1. The van der Waals surface area contributed by atoms with Gasteiger partial charge in [0.25, 0.3) is 0 Å². The molecular weight excluding hydrogens is 300 g/mol. The first-order valence-corrected chi connectivity index (χ1v) is 8.97. The van der Waals surface area contributed by atoms with Crippen molar-refractivity contribution in [2.75, 3.05) is 0 Å². The van der Waals surface area contributed by atoms with E-state index in [0.29, 0.717) is 25.4 Å². The van der Waals surface area contributed by atoms with E-state index in [2.05, 4.69) is 4.98 Å². The Balaban J connectivity index is 1.45. The van der Waals surface area contributed by atoms with Crippen LogP contribution in [0.15, 0.2) is 47.3 Å². The number of hydrogen-bond acceptors (Lipinski definition) is 3. The summed E-state index contributed by atoms with van der Waals surface area (Å²) in [5.41, 5.74) is 1.06. The predicted molar refractivity (Wildman–Crippen MR) is 90.8 cm³/mol. The molecule has 2 aliphatic carbocycles. The highest BCUT2D eigenvalue weighted by molar-refractivity contribution is 5.76. The Bertz CT molecular complexity index is 668. The second kappa shape index (κ2) is 6.80. The maximum atomic E-state index is 13.0. The van der Waals surface area contributed by atoms with Crippen LogP contribution >= 0.6 is 0 Å². The van der Waals surface area contributed by atoms with Crippen LogP contribution in [0.25, 0.3) is 0 Å². The number of rotatable bonds is 6. The number of pyridine rings is 1. The zero-order valence-corrected chi connectivity index (χ0v) is 13.9. The van der Waals surface area contributed by atoms with Crippen molar-refractivity contribution in [3.05, 3.63) is 54.2 Å². The first-order valence-electron chi connectivity index (χ1n) is 8.97. The van der Waals surface area contributed by atoms with Gasteiger partial charge in [0.05, 0.1) is 12.8 Å². The van der Waals surface area contributed by atoms with E-state index < -0.39 is 0 Å². The molecule has 1 amide bonds. The highest BCUT2D eigenvalue weighted by Gasteiger charge is 2.40. The van der Waals surface area contributed by atoms with Crippen LogP contribution in [0, 0.1) is 17.8 Å². The Labute approximate surface area is 142 Å². The maximum Gasteiger partial charge on any atom is 0.223 e. The third-order valence-electron chi connectivity index (χ3n) is 5.70. The van der Waals surface area contributed by atoms with E-state index in [1.165, 1.54) is 25.7 Å². The molecule has 0 aliphatic heterocycles. The second-order valence-electron chi connectivity index (χ2n) is 7.33. The molecule has 126 valence electrons. The minimum absolute atomic E-state index is 0.243. The lowest BCUT2D eigenvalue weighted by molar-refractivity contribution is -0.134. The molecule has 2 aliphatic rings. The van der Waals surface area contributed by atoms with Crippen molar-refractivity contribution < 1.29 is 9.21 Å². The fraction of sp³-hybridized carbons (Fsp3) is 0.500. The first-order chi connectivity index (χ1) is 11.8. The molecule has 2 fully saturated rings. The van der Waals surface area contributed by atoms with Crippen molar-refractivity contribution in [3.63, 3.8) is 0 Å². The number of furan rings is 1. The molecule has 24 heavy (non-hydrogen) atoms. The molecule has 0 saturated heterocycles. The molecule has 4 heteroatoms. The van der Waals surface area contributed by atoms with Gasteiger partial charge >= 0.3 is 0 Å². The monoisotopic (exact) mass is 324 g/mol. The van der Waals surface area contributed by atoms with Crippen molar-refractivity contribution in [3.8, 4) is 0 Å². The Hall–Kier alpha value is -2.10. The molecule has 2 bridgehead atoms. The molecule has 0 spiro atoms. The number of hydrogen-bond donors (Lipinski definition) is 0. The molecule has 3 atom stereocenters. The van der Waals surface area contributed by atoms with Crippen molar-refractivity contribution in [2.24, 2.45) is 17.8 Å². The van der Waals surface area contributed by atoms with Crippen molar-refractivity contribution in [1.29, 1.82) is 0 Å². The van der Waals surface area contributed by atoms with Gasteiger partial charge in [0.2, 0.25) is 5.91 Å². The van der Waals surface area contributed by atoms with Gasteiger partial charge in [0.1, 0.15) is 5.76 Å². The van der Waals surface area contributed by atoms with Crippen LogP contribution in [0.4, 0.5) is 0 Å². The van der Waals surface area contributed by atoms with Gasteiger partial charge in [-0.25, -0.2) is 0 Å². The number of nitrogens with zero attached hydrogens (tertiary/aromatic N) is 2.